The molecular formula is C14H19FN2O6S. The average Bonchev–Trinajstić information content (AvgIpc) is 2.41. The molecule has 1 aromatic carbocycles. The standard InChI is InChI=1S/C14H19FN2O6S/c1-14(2,3)23-13(20)17-11(12(18)19)8-16-24(21,22)10-6-4-9(15)5-7-10/h4-7,11,16H,8H2,1-3H3,(H,17,20)(H,18,19)/t11-/m0/s1. The van der Waals surface area contributed by atoms with Crippen LogP contribution in [0.3, 0.4) is 0 Å². The molecule has 0 aromatic heterocycles. The molecule has 0 radical (unpaired) electrons. The number of nitrogens with one attached hydrogen (secondary N) is 2. The number of alkyl carbamates (subject to hydrolysis) is 1. The third-order valence-corrected chi connectivity index (χ3v) is 4.03. The van der Waals surface area contributed by atoms with Gasteiger partial charge in [-0.2, -0.15) is 0 Å². The van der Waals surface area contributed by atoms with E-state index < -0.39 is 46.1 Å². The number of carboxylic acids is 1. The van der Waals surface area contributed by atoms with E-state index in [1.54, 1.807) is 20.8 Å². The minimum absolute atomic E-state index is 0.231. The van der Waals surface area contributed by atoms with Gasteiger partial charge in [-0.1, -0.05) is 0 Å². The van der Waals surface area contributed by atoms with Gasteiger partial charge in [-0.05, 0) is 45.0 Å². The maximum absolute atomic E-state index is 12.8. The van der Waals surface area contributed by atoms with E-state index in [4.69, 9.17) is 9.84 Å². The predicted octanol–water partition coefficient (Wildman–Crippen LogP) is 1.08. The lowest BCUT2D eigenvalue weighted by atomic mass is 10.2. The van der Waals surface area contributed by atoms with Gasteiger partial charge >= 0.3 is 12.1 Å². The number of carboxylic acid groups (broad SMARTS) is 1. The molecule has 0 aliphatic carbocycles. The fourth-order valence-electron chi connectivity index (χ4n) is 1.54. The quantitative estimate of drug-likeness (QED) is 0.696. The molecule has 3 N–H and O–H groups in total. The molecule has 8 nitrogen and oxygen atoms in total. The van der Waals surface area contributed by atoms with Crippen LogP contribution in [-0.4, -0.2) is 43.8 Å². The maximum Gasteiger partial charge on any atom is 0.408 e. The van der Waals surface area contributed by atoms with Gasteiger partial charge in [-0.25, -0.2) is 27.1 Å². The van der Waals surface area contributed by atoms with Gasteiger partial charge in [0.1, 0.15) is 17.5 Å². The zero-order valence-corrected chi connectivity index (χ0v) is 14.2. The van der Waals surface area contributed by atoms with Crippen LogP contribution in [-0.2, 0) is 19.6 Å². The van der Waals surface area contributed by atoms with Crippen LogP contribution >= 0.6 is 0 Å². The summed E-state index contributed by atoms with van der Waals surface area (Å²) in [5.74, 6) is -2.05. The molecule has 0 spiro atoms. The zero-order valence-electron chi connectivity index (χ0n) is 13.4. The molecule has 0 aliphatic heterocycles. The highest BCUT2D eigenvalue weighted by atomic mass is 32.2. The lowest BCUT2D eigenvalue weighted by Gasteiger charge is -2.22. The fourth-order valence-corrected chi connectivity index (χ4v) is 2.59. The van der Waals surface area contributed by atoms with Crippen LogP contribution in [0.2, 0.25) is 0 Å². The van der Waals surface area contributed by atoms with Gasteiger partial charge in [0.15, 0.2) is 0 Å². The minimum Gasteiger partial charge on any atom is -0.480 e. The zero-order chi connectivity index (χ0) is 18.5. The average molecular weight is 362 g/mol. The first kappa shape index (κ1) is 19.8. The summed E-state index contributed by atoms with van der Waals surface area (Å²) in [6.07, 6.45) is -0.990. The summed E-state index contributed by atoms with van der Waals surface area (Å²) in [7, 11) is -4.05. The molecule has 134 valence electrons. The van der Waals surface area contributed by atoms with Gasteiger partial charge in [-0.15, -0.1) is 0 Å². The number of carbonyl (C=O) groups is 2. The molecule has 10 heteroatoms. The van der Waals surface area contributed by atoms with Gasteiger partial charge < -0.3 is 15.2 Å². The third-order valence-electron chi connectivity index (χ3n) is 2.59. The summed E-state index contributed by atoms with van der Waals surface area (Å²) >= 11 is 0. The molecule has 0 bridgehead atoms. The van der Waals surface area contributed by atoms with Gasteiger partial charge in [-0.3, -0.25) is 0 Å². The number of hydrogen-bond donors (Lipinski definition) is 3. The van der Waals surface area contributed by atoms with Gasteiger partial charge in [0.2, 0.25) is 10.0 Å². The minimum atomic E-state index is -4.05. The highest BCUT2D eigenvalue weighted by Crippen LogP contribution is 2.10. The molecule has 0 fully saturated rings. The van der Waals surface area contributed by atoms with Crippen molar-refractivity contribution in [2.45, 2.75) is 37.3 Å². The molecule has 24 heavy (non-hydrogen) atoms. The normalized spacial score (nSPS) is 13.2. The van der Waals surface area contributed by atoms with E-state index in [1.807, 2.05) is 4.72 Å². The Bertz CT molecular complexity index is 697. The van der Waals surface area contributed by atoms with Gasteiger partial charge in [0, 0.05) is 6.54 Å². The number of benzene rings is 1. The Hall–Kier alpha value is -2.20. The van der Waals surface area contributed by atoms with Crippen molar-refractivity contribution >= 4 is 22.1 Å². The van der Waals surface area contributed by atoms with Crippen LogP contribution in [0.25, 0.3) is 0 Å². The third kappa shape index (κ3) is 6.50. The number of amides is 1. The number of sulfonamides is 1. The second-order valence-corrected chi connectivity index (χ2v) is 7.61. The van der Waals surface area contributed by atoms with Crippen molar-refractivity contribution in [1.82, 2.24) is 10.0 Å². The molecule has 1 rings (SSSR count). The summed E-state index contributed by atoms with van der Waals surface area (Å²) in [5.41, 5.74) is -0.833. The Labute approximate surface area is 139 Å². The topological polar surface area (TPSA) is 122 Å². The predicted molar refractivity (Wildman–Crippen MR) is 82.4 cm³/mol. The van der Waals surface area contributed by atoms with E-state index in [9.17, 15) is 22.4 Å². The lowest BCUT2D eigenvalue weighted by molar-refractivity contribution is -0.139. The molecule has 0 saturated carbocycles. The molecule has 1 amide bonds. The molecule has 0 aliphatic rings. The van der Waals surface area contributed by atoms with Crippen molar-refractivity contribution in [1.29, 1.82) is 0 Å². The van der Waals surface area contributed by atoms with Gasteiger partial charge in [0.25, 0.3) is 0 Å². The van der Waals surface area contributed by atoms with Crippen LogP contribution < -0.4 is 10.0 Å². The van der Waals surface area contributed by atoms with Crippen LogP contribution in [0.1, 0.15) is 20.8 Å². The molecule has 0 heterocycles. The number of aliphatic carboxylic acids is 1. The monoisotopic (exact) mass is 362 g/mol. The first-order chi connectivity index (χ1) is 10.9. The summed E-state index contributed by atoms with van der Waals surface area (Å²) in [4.78, 5) is 22.5. The van der Waals surface area contributed by atoms with E-state index in [0.29, 0.717) is 0 Å². The van der Waals surface area contributed by atoms with Crippen molar-refractivity contribution < 1.29 is 32.2 Å². The summed E-state index contributed by atoms with van der Waals surface area (Å²) in [6, 6.07) is 2.46. The fraction of sp³-hybridized carbons (Fsp3) is 0.429. The van der Waals surface area contributed by atoms with Crippen molar-refractivity contribution in [3.63, 3.8) is 0 Å². The first-order valence-electron chi connectivity index (χ1n) is 6.88. The highest BCUT2D eigenvalue weighted by molar-refractivity contribution is 7.89. The Morgan fingerprint density at radius 2 is 1.79 bits per heavy atom. The molecular weight excluding hydrogens is 343 g/mol. The van der Waals surface area contributed by atoms with Crippen LogP contribution in [0.4, 0.5) is 9.18 Å². The summed E-state index contributed by atoms with van der Waals surface area (Å²) in [6.45, 7) is 4.19. The highest BCUT2D eigenvalue weighted by Gasteiger charge is 2.26. The number of rotatable bonds is 6. The number of ether oxygens (including phenoxy) is 1. The van der Waals surface area contributed by atoms with E-state index in [1.165, 1.54) is 0 Å². The Morgan fingerprint density at radius 1 is 1.25 bits per heavy atom. The van der Waals surface area contributed by atoms with Crippen LogP contribution in [0, 0.1) is 5.82 Å². The second-order valence-electron chi connectivity index (χ2n) is 5.84. The van der Waals surface area contributed by atoms with Crippen LogP contribution in [0.15, 0.2) is 29.2 Å². The Morgan fingerprint density at radius 3 is 2.25 bits per heavy atom. The SMILES string of the molecule is CC(C)(C)OC(=O)N[C@@H](CNS(=O)(=O)c1ccc(F)cc1)C(=O)O. The van der Waals surface area contributed by atoms with E-state index in [-0.39, 0.29) is 4.90 Å². The van der Waals surface area contributed by atoms with Crippen molar-refractivity contribution in [2.24, 2.45) is 0 Å². The molecule has 1 atom stereocenters. The van der Waals surface area contributed by atoms with E-state index in [0.717, 1.165) is 24.3 Å². The van der Waals surface area contributed by atoms with Crippen molar-refractivity contribution in [3.8, 4) is 0 Å². The number of hydrogen-bond acceptors (Lipinski definition) is 5. The van der Waals surface area contributed by atoms with E-state index >= 15 is 0 Å². The summed E-state index contributed by atoms with van der Waals surface area (Å²) < 4.78 is 43.8. The molecule has 0 unspecified atom stereocenters. The second kappa shape index (κ2) is 7.58. The lowest BCUT2D eigenvalue weighted by Crippen LogP contribution is -2.49. The largest absolute Gasteiger partial charge is 0.480 e. The van der Waals surface area contributed by atoms with Crippen molar-refractivity contribution in [3.05, 3.63) is 30.1 Å². The summed E-state index contributed by atoms with van der Waals surface area (Å²) in [5, 5.41) is 11.1. The molecule has 1 aromatic rings. The maximum atomic E-state index is 12.8. The van der Waals surface area contributed by atoms with Gasteiger partial charge in [0.05, 0.1) is 4.90 Å². The Balaban J connectivity index is 2.74. The number of halogens is 1. The first-order valence-corrected chi connectivity index (χ1v) is 8.36. The van der Waals surface area contributed by atoms with Crippen molar-refractivity contribution in [2.75, 3.05) is 6.54 Å². The van der Waals surface area contributed by atoms with E-state index in [2.05, 4.69) is 5.32 Å². The molecule has 0 saturated heterocycles. The number of carbonyl (C=O) groups excluding carboxylic acids is 1. The van der Waals surface area contributed by atoms with Crippen LogP contribution in [0.5, 0.6) is 0 Å². The smallest absolute Gasteiger partial charge is 0.408 e. The Kier molecular flexibility index (Phi) is 6.27.